The van der Waals surface area contributed by atoms with E-state index >= 15 is 4.39 Å². The van der Waals surface area contributed by atoms with Crippen LogP contribution in [0.4, 0.5) is 4.39 Å². The molecule has 1 aliphatic heterocycles. The first kappa shape index (κ1) is 28.4. The highest BCUT2D eigenvalue weighted by molar-refractivity contribution is 7.71. The van der Waals surface area contributed by atoms with Gasteiger partial charge in [0.15, 0.2) is 11.9 Å². The predicted molar refractivity (Wildman–Crippen MR) is 132 cm³/mol. The second-order valence-electron chi connectivity index (χ2n) is 8.92. The van der Waals surface area contributed by atoms with Gasteiger partial charge < -0.3 is 19.1 Å². The summed E-state index contributed by atoms with van der Waals surface area (Å²) in [4.78, 5) is 16.4. The number of halogens is 1. The number of hydrogen-bond acceptors (Lipinski definition) is 9. The van der Waals surface area contributed by atoms with Crippen LogP contribution < -0.4 is 9.61 Å². The van der Waals surface area contributed by atoms with Gasteiger partial charge in [0.05, 0.1) is 12.7 Å². The zero-order valence-electron chi connectivity index (χ0n) is 20.7. The molecule has 13 heteroatoms. The Balaban J connectivity index is 1.79. The van der Waals surface area contributed by atoms with E-state index in [-0.39, 0.29) is 16.6 Å². The van der Waals surface area contributed by atoms with Gasteiger partial charge in [-0.05, 0) is 65.0 Å². The summed E-state index contributed by atoms with van der Waals surface area (Å²) < 4.78 is 52.6. The molecule has 0 amide bonds. The molecule has 1 aromatic carbocycles. The number of alkyl halides is 1. The third kappa shape index (κ3) is 6.76. The van der Waals surface area contributed by atoms with Crippen LogP contribution in [0.3, 0.4) is 0 Å². The second-order valence-corrected chi connectivity index (χ2v) is 11.0. The monoisotopic (exact) mass is 543 g/mol. The number of nitrogens with one attached hydrogen (secondary N) is 1. The quantitative estimate of drug-likeness (QED) is 0.258. The fourth-order valence-corrected chi connectivity index (χ4v) is 5.34. The van der Waals surface area contributed by atoms with Crippen LogP contribution in [0.15, 0.2) is 42.6 Å². The number of aromatic nitrogens is 2. The number of carbonyl (C=O) groups excluding carboxylic acids is 1. The van der Waals surface area contributed by atoms with Gasteiger partial charge >= 0.3 is 13.7 Å². The second kappa shape index (κ2) is 11.5. The molecule has 6 atom stereocenters. The van der Waals surface area contributed by atoms with Crippen LogP contribution in [0.1, 0.15) is 39.6 Å². The Morgan fingerprint density at radius 1 is 1.33 bits per heavy atom. The first-order chi connectivity index (χ1) is 16.8. The minimum Gasteiger partial charge on any atom is -0.462 e. The highest BCUT2D eigenvalue weighted by atomic mass is 32.1. The zero-order valence-corrected chi connectivity index (χ0v) is 22.4. The van der Waals surface area contributed by atoms with Gasteiger partial charge in [-0.1, -0.05) is 18.2 Å². The Morgan fingerprint density at radius 2 is 2.00 bits per heavy atom. The number of rotatable bonds is 10. The van der Waals surface area contributed by atoms with E-state index in [1.165, 1.54) is 24.6 Å². The Morgan fingerprint density at radius 3 is 2.61 bits per heavy atom. The molecule has 2 aromatic rings. The minimum absolute atomic E-state index is 0.0786. The van der Waals surface area contributed by atoms with Gasteiger partial charge in [-0.2, -0.15) is 5.09 Å². The maximum absolute atomic E-state index is 15.6. The minimum atomic E-state index is -4.23. The van der Waals surface area contributed by atoms with E-state index in [2.05, 4.69) is 10.1 Å². The van der Waals surface area contributed by atoms with Gasteiger partial charge in [-0.25, -0.2) is 13.9 Å². The van der Waals surface area contributed by atoms with E-state index < -0.39 is 50.5 Å². The number of ether oxygens (including phenoxy) is 2. The first-order valence-electron chi connectivity index (χ1n) is 11.4. The van der Waals surface area contributed by atoms with Gasteiger partial charge in [0.1, 0.15) is 24.0 Å². The van der Waals surface area contributed by atoms with Gasteiger partial charge in [-0.3, -0.25) is 13.9 Å². The predicted octanol–water partition coefficient (Wildman–Crippen LogP) is 4.04. The molecule has 198 valence electrons. The van der Waals surface area contributed by atoms with Gasteiger partial charge in [0.2, 0.25) is 4.77 Å². The summed E-state index contributed by atoms with van der Waals surface area (Å²) in [6, 6.07) is 8.75. The third-order valence-electron chi connectivity index (χ3n) is 5.37. The molecule has 36 heavy (non-hydrogen) atoms. The highest BCUT2D eigenvalue weighted by Gasteiger charge is 2.55. The van der Waals surface area contributed by atoms with E-state index in [0.717, 1.165) is 0 Å². The van der Waals surface area contributed by atoms with Crippen LogP contribution >= 0.6 is 20.0 Å². The lowest BCUT2D eigenvalue weighted by atomic mass is 9.98. The molecule has 2 N–H and O–H groups in total. The molecule has 1 aliphatic rings. The molecule has 0 bridgehead atoms. The molecular weight excluding hydrogens is 512 g/mol. The molecule has 0 aliphatic carbocycles. The van der Waals surface area contributed by atoms with Crippen LogP contribution in [0.2, 0.25) is 0 Å². The van der Waals surface area contributed by atoms with E-state index in [0.29, 0.717) is 5.69 Å². The number of carbonyl (C=O) groups is 1. The van der Waals surface area contributed by atoms with Crippen molar-refractivity contribution in [3.05, 3.63) is 53.1 Å². The molecule has 1 fully saturated rings. The lowest BCUT2D eigenvalue weighted by molar-refractivity contribution is -0.149. The molecule has 0 radical (unpaired) electrons. The average molecular weight is 544 g/mol. The van der Waals surface area contributed by atoms with Crippen LogP contribution in [-0.2, 0) is 23.4 Å². The number of esters is 1. The SMILES string of the molecule is Cc1ccn(C2OC(COP(=O)(NC(C)C(=O)OC(C)C)Oc3ccccc3)C(O)C2(C)F)c(=S)n1. The normalized spacial score (nSPS) is 26.4. The number of hydrogen-bond donors (Lipinski definition) is 2. The van der Waals surface area contributed by atoms with E-state index in [1.807, 2.05) is 0 Å². The molecule has 6 unspecified atom stereocenters. The number of benzene rings is 1. The summed E-state index contributed by atoms with van der Waals surface area (Å²) in [7, 11) is -4.23. The summed E-state index contributed by atoms with van der Waals surface area (Å²) in [5.41, 5.74) is -1.62. The molecule has 1 aromatic heterocycles. The summed E-state index contributed by atoms with van der Waals surface area (Å²) in [6.45, 7) is 7.20. The number of aryl methyl sites for hydroxylation is 1. The highest BCUT2D eigenvalue weighted by Crippen LogP contribution is 2.47. The fourth-order valence-electron chi connectivity index (χ4n) is 3.53. The van der Waals surface area contributed by atoms with Crippen molar-refractivity contribution in [2.45, 2.75) is 70.9 Å². The number of nitrogens with zero attached hydrogens (tertiary/aromatic N) is 2. The number of para-hydroxylation sites is 1. The van der Waals surface area contributed by atoms with Gasteiger partial charge in [0, 0.05) is 11.9 Å². The molecule has 1 saturated heterocycles. The lowest BCUT2D eigenvalue weighted by Crippen LogP contribution is -2.41. The molecule has 2 heterocycles. The van der Waals surface area contributed by atoms with Crippen molar-refractivity contribution in [2.24, 2.45) is 0 Å². The Bertz CT molecular complexity index is 1160. The number of aliphatic hydroxyl groups is 1. The lowest BCUT2D eigenvalue weighted by Gasteiger charge is -2.25. The summed E-state index contributed by atoms with van der Waals surface area (Å²) in [6.07, 6.45) is -3.05. The Hall–Kier alpha value is -2.21. The standard InChI is InChI=1S/C23H31FN3O7PS/c1-14(2)32-20(29)16(4)26-35(30,34-17-9-7-6-8-10-17)31-13-18-19(28)23(5,24)21(33-18)27-12-11-15(3)25-22(27)36/h6-12,14,16,18-19,21,28H,13H2,1-5H3,(H,26,30). The van der Waals surface area contributed by atoms with Crippen molar-refractivity contribution in [2.75, 3.05) is 6.61 Å². The van der Waals surface area contributed by atoms with Crippen molar-refractivity contribution in [1.29, 1.82) is 0 Å². The van der Waals surface area contributed by atoms with Crippen LogP contribution in [0, 0.1) is 11.7 Å². The largest absolute Gasteiger partial charge is 0.462 e. The van der Waals surface area contributed by atoms with Crippen molar-refractivity contribution in [3.63, 3.8) is 0 Å². The van der Waals surface area contributed by atoms with Gasteiger partial charge in [-0.15, -0.1) is 0 Å². The van der Waals surface area contributed by atoms with Crippen molar-refractivity contribution < 1.29 is 37.4 Å². The Kier molecular flexibility index (Phi) is 9.02. The maximum atomic E-state index is 15.6. The summed E-state index contributed by atoms with van der Waals surface area (Å²) >= 11 is 5.23. The molecule has 0 spiro atoms. The van der Waals surface area contributed by atoms with Crippen molar-refractivity contribution >= 4 is 25.9 Å². The first-order valence-corrected chi connectivity index (χ1v) is 13.3. The maximum Gasteiger partial charge on any atom is 0.459 e. The molecule has 3 rings (SSSR count). The van der Waals surface area contributed by atoms with Crippen LogP contribution in [0.25, 0.3) is 0 Å². The molecule has 10 nitrogen and oxygen atoms in total. The fraction of sp³-hybridized carbons (Fsp3) is 0.522. The smallest absolute Gasteiger partial charge is 0.459 e. The van der Waals surface area contributed by atoms with E-state index in [9.17, 15) is 14.5 Å². The molecule has 0 saturated carbocycles. The zero-order chi connectivity index (χ0) is 26.7. The third-order valence-corrected chi connectivity index (χ3v) is 7.32. The van der Waals surface area contributed by atoms with Crippen LogP contribution in [0.5, 0.6) is 5.75 Å². The molecular formula is C23H31FN3O7PS. The van der Waals surface area contributed by atoms with E-state index in [1.54, 1.807) is 57.2 Å². The topological polar surface area (TPSA) is 121 Å². The Labute approximate surface area is 214 Å². The van der Waals surface area contributed by atoms with Crippen molar-refractivity contribution in [1.82, 2.24) is 14.6 Å². The van der Waals surface area contributed by atoms with Gasteiger partial charge in [0.25, 0.3) is 0 Å². The number of aliphatic hydroxyl groups excluding tert-OH is 1. The average Bonchev–Trinajstić information content (AvgIpc) is 3.01. The van der Waals surface area contributed by atoms with Crippen molar-refractivity contribution in [3.8, 4) is 5.75 Å². The summed E-state index contributed by atoms with van der Waals surface area (Å²) in [5.74, 6) is -0.462. The summed E-state index contributed by atoms with van der Waals surface area (Å²) in [5, 5.41) is 13.2. The van der Waals surface area contributed by atoms with Crippen LogP contribution in [-0.4, -0.2) is 57.3 Å². The van der Waals surface area contributed by atoms with E-state index in [4.69, 9.17) is 30.7 Å².